The summed E-state index contributed by atoms with van der Waals surface area (Å²) in [5, 5.41) is 0. The zero-order valence-electron chi connectivity index (χ0n) is 18.2. The Balaban J connectivity index is 0.00000136. The number of aryl methyl sites for hydroxylation is 2. The van der Waals surface area contributed by atoms with Gasteiger partial charge in [0.2, 0.25) is 0 Å². The molecule has 156 valence electrons. The third kappa shape index (κ3) is 4.32. The molecule has 0 spiro atoms. The summed E-state index contributed by atoms with van der Waals surface area (Å²) in [6, 6.07) is 22.8. The zero-order chi connectivity index (χ0) is 20.0. The van der Waals surface area contributed by atoms with Crippen LogP contribution in [0.25, 0.3) is 11.1 Å². The summed E-state index contributed by atoms with van der Waals surface area (Å²) in [5.74, 6) is 0. The van der Waals surface area contributed by atoms with Gasteiger partial charge in [0.15, 0.2) is 0 Å². The van der Waals surface area contributed by atoms with Gasteiger partial charge in [-0.3, -0.25) is 0 Å². The van der Waals surface area contributed by atoms with Crippen LogP contribution in [0.15, 0.2) is 82.8 Å². The van der Waals surface area contributed by atoms with Crippen LogP contribution in [0.2, 0.25) is 0 Å². The van der Waals surface area contributed by atoms with Gasteiger partial charge in [0.05, 0.1) is 0 Å². The molecule has 0 amide bonds. The molecule has 5 rings (SSSR count). The quantitative estimate of drug-likeness (QED) is 0.368. The van der Waals surface area contributed by atoms with Gasteiger partial charge in [-0.2, -0.15) is 0 Å². The summed E-state index contributed by atoms with van der Waals surface area (Å²) >= 11 is -1.84. The fourth-order valence-corrected chi connectivity index (χ4v) is 9.95. The van der Waals surface area contributed by atoms with Gasteiger partial charge in [0.25, 0.3) is 0 Å². The van der Waals surface area contributed by atoms with Gasteiger partial charge in [-0.1, -0.05) is 0 Å². The Labute approximate surface area is 204 Å². The third-order valence-corrected chi connectivity index (χ3v) is 11.4. The molecule has 2 aliphatic rings. The molecule has 3 heteroatoms. The first-order valence-electron chi connectivity index (χ1n) is 10.5. The minimum absolute atomic E-state index is 0. The summed E-state index contributed by atoms with van der Waals surface area (Å²) in [7, 11) is 0. The molecule has 0 saturated carbocycles. The van der Waals surface area contributed by atoms with E-state index in [4.69, 9.17) is 0 Å². The molecule has 0 N–H and O–H groups in total. The van der Waals surface area contributed by atoms with E-state index in [1.54, 1.807) is 17.1 Å². The third-order valence-electron chi connectivity index (χ3n) is 6.36. The normalized spacial score (nSPS) is 13.5. The van der Waals surface area contributed by atoms with Crippen LogP contribution in [0, 0.1) is 13.8 Å². The Morgan fingerprint density at radius 3 is 2.32 bits per heavy atom. The van der Waals surface area contributed by atoms with Crippen LogP contribution in [0.5, 0.6) is 0 Å². The van der Waals surface area contributed by atoms with Gasteiger partial charge < -0.3 is 24.8 Å². The average Bonchev–Trinajstić information content (AvgIpc) is 3.38. The maximum atomic E-state index is 2.41. The van der Waals surface area contributed by atoms with E-state index in [1.807, 2.05) is 0 Å². The SMILES string of the molecule is C/[C](c1ccccc1)=[Ti+2](\[C]1=CC=CC1)[c]1c(C)ccc2c1Cc1cc(C)ccc1-2.[Cl-].[Cl-]. The first kappa shape index (κ1) is 24.0. The Hall–Kier alpha value is -1.70. The van der Waals surface area contributed by atoms with Crippen LogP contribution < -0.4 is 28.7 Å². The van der Waals surface area contributed by atoms with Crippen molar-refractivity contribution in [1.29, 1.82) is 0 Å². The van der Waals surface area contributed by atoms with Gasteiger partial charge in [-0.25, -0.2) is 0 Å². The summed E-state index contributed by atoms with van der Waals surface area (Å²) in [6.45, 7) is 6.93. The van der Waals surface area contributed by atoms with Crippen molar-refractivity contribution in [3.8, 4) is 11.1 Å². The first-order valence-corrected chi connectivity index (χ1v) is 12.8. The van der Waals surface area contributed by atoms with Crippen LogP contribution in [0.3, 0.4) is 0 Å². The molecule has 0 atom stereocenters. The van der Waals surface area contributed by atoms with Gasteiger partial charge in [-0.15, -0.1) is 0 Å². The maximum absolute atomic E-state index is 2.41. The van der Waals surface area contributed by atoms with Crippen LogP contribution in [-0.4, -0.2) is 3.81 Å². The molecule has 0 heterocycles. The Morgan fingerprint density at radius 1 is 0.871 bits per heavy atom. The number of allylic oxidation sites excluding steroid dienone is 4. The number of hydrogen-bond donors (Lipinski definition) is 0. The first-order chi connectivity index (χ1) is 14.1. The molecule has 0 saturated heterocycles. The fourth-order valence-electron chi connectivity index (χ4n) is 4.92. The largest absolute Gasteiger partial charge is 1.00 e. The van der Waals surface area contributed by atoms with Crippen molar-refractivity contribution < 1.29 is 42.2 Å². The van der Waals surface area contributed by atoms with Crippen molar-refractivity contribution >= 4 is 7.68 Å². The molecule has 0 radical (unpaired) electrons. The predicted molar refractivity (Wildman–Crippen MR) is 122 cm³/mol. The fraction of sp³-hybridized carbons (Fsp3) is 0.179. The Kier molecular flexibility index (Phi) is 7.61. The van der Waals surface area contributed by atoms with Crippen molar-refractivity contribution in [1.82, 2.24) is 0 Å². The van der Waals surface area contributed by atoms with Crippen molar-refractivity contribution in [2.75, 3.05) is 0 Å². The predicted octanol–water partition coefficient (Wildman–Crippen LogP) is 0.211. The van der Waals surface area contributed by atoms with Crippen molar-refractivity contribution in [3.05, 3.63) is 111 Å². The minimum atomic E-state index is -1.84. The molecule has 31 heavy (non-hydrogen) atoms. The summed E-state index contributed by atoms with van der Waals surface area (Å²) in [6.07, 6.45) is 9.21. The summed E-state index contributed by atoms with van der Waals surface area (Å²) in [5.41, 5.74) is 10.3. The second-order valence-corrected chi connectivity index (χ2v) is 12.4. The van der Waals surface area contributed by atoms with E-state index < -0.39 is 17.4 Å². The number of rotatable bonds is 3. The molecule has 0 aromatic heterocycles. The number of fused-ring (bicyclic) bond motifs is 3. The number of halogens is 2. The summed E-state index contributed by atoms with van der Waals surface area (Å²) in [4.78, 5) is 0. The van der Waals surface area contributed by atoms with E-state index in [-0.39, 0.29) is 24.8 Å². The Morgan fingerprint density at radius 2 is 1.61 bits per heavy atom. The van der Waals surface area contributed by atoms with Gasteiger partial charge in [0, 0.05) is 0 Å². The molecule has 0 unspecified atom stereocenters. The van der Waals surface area contributed by atoms with Crippen LogP contribution in [0.1, 0.15) is 41.2 Å². The van der Waals surface area contributed by atoms with Crippen LogP contribution >= 0.6 is 0 Å². The molecular formula is C28H26Cl2Ti. The van der Waals surface area contributed by atoms with Gasteiger partial charge >= 0.3 is 180 Å². The van der Waals surface area contributed by atoms with Gasteiger partial charge in [-0.05, 0) is 0 Å². The van der Waals surface area contributed by atoms with Crippen LogP contribution in [0.4, 0.5) is 0 Å². The van der Waals surface area contributed by atoms with E-state index in [2.05, 4.69) is 99.7 Å². The second-order valence-electron chi connectivity index (χ2n) is 8.31. The second kappa shape index (κ2) is 9.84. The monoisotopic (exact) mass is 480 g/mol. The standard InChI is InChI=1S/C15H13.C8H8.C5H5.2ClH.Ti/c1-10-3-5-14-12(7-10)9-13-8-11(2)4-6-15(13)14;1-2-8-6-4-3-5-7-8;1-2-4-5-3-1;;;/h3-7H,9H2,1-2H3;3-7H,1H3;1-3H,4H2;2*1H;/q;;;;;+2/p-2. The molecule has 0 bridgehead atoms. The topological polar surface area (TPSA) is 0 Å². The molecule has 0 nitrogen and oxygen atoms in total. The number of hydrogen-bond acceptors (Lipinski definition) is 0. The van der Waals surface area contributed by atoms with E-state index in [9.17, 15) is 0 Å². The molecule has 0 fully saturated rings. The molecule has 0 aliphatic heterocycles. The van der Waals surface area contributed by atoms with E-state index in [0.717, 1.165) is 12.8 Å². The average molecular weight is 481 g/mol. The van der Waals surface area contributed by atoms with Crippen molar-refractivity contribution in [2.45, 2.75) is 33.6 Å². The molecule has 3 aromatic carbocycles. The van der Waals surface area contributed by atoms with Crippen molar-refractivity contribution in [3.63, 3.8) is 0 Å². The summed E-state index contributed by atoms with van der Waals surface area (Å²) < 4.78 is 4.98. The van der Waals surface area contributed by atoms with Gasteiger partial charge in [0.1, 0.15) is 0 Å². The molecule has 3 aromatic rings. The number of benzene rings is 3. The smallest absolute Gasteiger partial charge is 1.00 e. The van der Waals surface area contributed by atoms with E-state index in [0.29, 0.717) is 0 Å². The van der Waals surface area contributed by atoms with Crippen molar-refractivity contribution in [2.24, 2.45) is 0 Å². The van der Waals surface area contributed by atoms with E-state index in [1.165, 1.54) is 33.4 Å². The molecular weight excluding hydrogens is 455 g/mol. The van der Waals surface area contributed by atoms with E-state index >= 15 is 0 Å². The minimum Gasteiger partial charge on any atom is -1.00 e. The Bertz CT molecular complexity index is 1220. The maximum Gasteiger partial charge on any atom is -1.00 e. The molecule has 2 aliphatic carbocycles. The zero-order valence-corrected chi connectivity index (χ0v) is 21.2. The van der Waals surface area contributed by atoms with Crippen LogP contribution in [-0.2, 0) is 23.8 Å².